The maximum absolute atomic E-state index is 5.45. The van der Waals surface area contributed by atoms with Crippen LogP contribution in [0.1, 0.15) is 0 Å². The Morgan fingerprint density at radius 1 is 1.57 bits per heavy atom. The lowest BCUT2D eigenvalue weighted by Crippen LogP contribution is -1.53. The molecule has 38 valence electrons. The van der Waals surface area contributed by atoms with Gasteiger partial charge in [-0.05, 0) is 0 Å². The zero-order chi connectivity index (χ0) is 5.28. The lowest BCUT2D eigenvalue weighted by Gasteiger charge is -1.71. The molecule has 4 heteroatoms. The molecule has 0 aliphatic rings. The fourth-order valence-corrected chi connectivity index (χ4v) is 1.03. The van der Waals surface area contributed by atoms with Crippen molar-refractivity contribution in [2.24, 2.45) is 0 Å². The van der Waals surface area contributed by atoms with Gasteiger partial charge in [-0.25, -0.2) is 4.98 Å². The van der Waals surface area contributed by atoms with Crippen molar-refractivity contribution in [3.05, 3.63) is 15.0 Å². The Hall–Kier alpha value is 0.210. The van der Waals surface area contributed by atoms with Gasteiger partial charge in [-0.1, -0.05) is 23.2 Å². The summed E-state index contributed by atoms with van der Waals surface area (Å²) in [7, 11) is 0. The molecule has 0 aliphatic heterocycles. The van der Waals surface area contributed by atoms with Crippen LogP contribution in [0.15, 0.2) is 5.51 Å². The molecule has 0 N–H and O–H groups in total. The molecule has 0 saturated carbocycles. The third-order valence-electron chi connectivity index (χ3n) is 0.484. The topological polar surface area (TPSA) is 12.9 Å². The number of aromatic nitrogens is 1. The number of hydrogen-bond acceptors (Lipinski definition) is 2. The Balaban J connectivity index is 3.12. The van der Waals surface area contributed by atoms with Gasteiger partial charge in [0, 0.05) is 0 Å². The van der Waals surface area contributed by atoms with Gasteiger partial charge in [0.1, 0.15) is 4.34 Å². The van der Waals surface area contributed by atoms with E-state index in [1.54, 1.807) is 5.51 Å². The fourth-order valence-electron chi connectivity index (χ4n) is 0.218. The molecule has 0 radical (unpaired) electrons. The van der Waals surface area contributed by atoms with E-state index in [4.69, 9.17) is 23.2 Å². The largest absolute Gasteiger partial charge is 0.231 e. The molecule has 1 aromatic heterocycles. The highest BCUT2D eigenvalue weighted by Gasteiger charge is 1.94. The van der Waals surface area contributed by atoms with Crippen LogP contribution in [0.25, 0.3) is 0 Å². The highest BCUT2D eigenvalue weighted by atomic mass is 35.5. The van der Waals surface area contributed by atoms with Crippen LogP contribution in [-0.2, 0) is 0 Å². The van der Waals surface area contributed by atoms with Gasteiger partial charge in [-0.2, -0.15) is 0 Å². The molecule has 1 rings (SSSR count). The minimum Gasteiger partial charge on any atom is -0.231 e. The van der Waals surface area contributed by atoms with Crippen molar-refractivity contribution in [3.63, 3.8) is 0 Å². The molecule has 0 saturated heterocycles. The van der Waals surface area contributed by atoms with Gasteiger partial charge in [0.05, 0.1) is 5.51 Å². The average molecular weight is 154 g/mol. The summed E-state index contributed by atoms with van der Waals surface area (Å²) in [5, 5.41) is 0.395. The van der Waals surface area contributed by atoms with Crippen LogP contribution in [0, 0.1) is 0 Å². The third kappa shape index (κ3) is 1.06. The predicted molar refractivity (Wildman–Crippen MR) is 32.1 cm³/mol. The molecule has 0 spiro atoms. The number of halogens is 2. The summed E-state index contributed by atoms with van der Waals surface area (Å²) in [6.07, 6.45) is 0. The summed E-state index contributed by atoms with van der Waals surface area (Å²) < 4.78 is 0.557. The molecule has 0 bridgehead atoms. The minimum absolute atomic E-state index is 0.395. The van der Waals surface area contributed by atoms with Crippen LogP contribution >= 0.6 is 34.5 Å². The molecular weight excluding hydrogens is 153 g/mol. The van der Waals surface area contributed by atoms with Gasteiger partial charge >= 0.3 is 0 Å². The van der Waals surface area contributed by atoms with Crippen LogP contribution < -0.4 is 0 Å². The maximum atomic E-state index is 5.45. The van der Waals surface area contributed by atoms with E-state index in [0.29, 0.717) is 9.49 Å². The Morgan fingerprint density at radius 3 is 2.43 bits per heavy atom. The molecule has 0 aromatic carbocycles. The Labute approximate surface area is 54.9 Å². The SMILES string of the molecule is Clc1ncsc1Cl. The summed E-state index contributed by atoms with van der Waals surface area (Å²) >= 11 is 12.2. The van der Waals surface area contributed by atoms with E-state index in [2.05, 4.69) is 4.98 Å². The van der Waals surface area contributed by atoms with E-state index in [-0.39, 0.29) is 0 Å². The van der Waals surface area contributed by atoms with E-state index < -0.39 is 0 Å². The molecule has 0 atom stereocenters. The van der Waals surface area contributed by atoms with Crippen molar-refractivity contribution in [2.45, 2.75) is 0 Å². The Kier molecular flexibility index (Phi) is 1.52. The summed E-state index contributed by atoms with van der Waals surface area (Å²) in [5.41, 5.74) is 1.60. The minimum atomic E-state index is 0.395. The first-order chi connectivity index (χ1) is 3.30. The monoisotopic (exact) mass is 153 g/mol. The first-order valence-corrected chi connectivity index (χ1v) is 3.19. The lowest BCUT2D eigenvalue weighted by molar-refractivity contribution is 1.42. The quantitative estimate of drug-likeness (QED) is 0.559. The second-order valence-corrected chi connectivity index (χ2v) is 2.73. The Bertz CT molecular complexity index is 145. The molecule has 0 fully saturated rings. The molecular formula is C3HCl2NS. The average Bonchev–Trinajstić information content (AvgIpc) is 1.91. The smallest absolute Gasteiger partial charge is 0.158 e. The van der Waals surface area contributed by atoms with Crippen molar-refractivity contribution in [1.29, 1.82) is 0 Å². The van der Waals surface area contributed by atoms with Crippen LogP contribution in [-0.4, -0.2) is 4.98 Å². The molecule has 0 aliphatic carbocycles. The normalized spacial score (nSPS) is 9.43. The van der Waals surface area contributed by atoms with Gasteiger partial charge in [0.25, 0.3) is 0 Å². The van der Waals surface area contributed by atoms with Gasteiger partial charge in [-0.15, -0.1) is 11.3 Å². The second kappa shape index (κ2) is 1.99. The van der Waals surface area contributed by atoms with Gasteiger partial charge < -0.3 is 0 Å². The van der Waals surface area contributed by atoms with Crippen molar-refractivity contribution < 1.29 is 0 Å². The summed E-state index contributed by atoms with van der Waals surface area (Å²) in [6.45, 7) is 0. The summed E-state index contributed by atoms with van der Waals surface area (Å²) in [6, 6.07) is 0. The van der Waals surface area contributed by atoms with Crippen LogP contribution in [0.2, 0.25) is 9.49 Å². The summed E-state index contributed by atoms with van der Waals surface area (Å²) in [5.74, 6) is 0. The zero-order valence-corrected chi connectivity index (χ0v) is 5.52. The summed E-state index contributed by atoms with van der Waals surface area (Å²) in [4.78, 5) is 3.67. The molecule has 1 aromatic rings. The first kappa shape index (κ1) is 5.35. The van der Waals surface area contributed by atoms with E-state index in [1.165, 1.54) is 11.3 Å². The molecule has 0 amide bonds. The highest BCUT2D eigenvalue weighted by molar-refractivity contribution is 7.14. The lowest BCUT2D eigenvalue weighted by atomic mass is 11.0. The molecule has 7 heavy (non-hydrogen) atoms. The fraction of sp³-hybridized carbons (Fsp3) is 0. The highest BCUT2D eigenvalue weighted by Crippen LogP contribution is 2.23. The maximum Gasteiger partial charge on any atom is 0.158 e. The van der Waals surface area contributed by atoms with E-state index in [1.807, 2.05) is 0 Å². The predicted octanol–water partition coefficient (Wildman–Crippen LogP) is 2.45. The molecule has 0 unspecified atom stereocenters. The Morgan fingerprint density at radius 2 is 2.29 bits per heavy atom. The first-order valence-electron chi connectivity index (χ1n) is 1.55. The standard InChI is InChI=1S/C3HCl2NS/c4-2-3(5)7-1-6-2/h1H. The van der Waals surface area contributed by atoms with E-state index in [0.717, 1.165) is 0 Å². The van der Waals surface area contributed by atoms with Crippen molar-refractivity contribution in [3.8, 4) is 0 Å². The molecule has 1 nitrogen and oxygen atoms in total. The van der Waals surface area contributed by atoms with Crippen LogP contribution in [0.5, 0.6) is 0 Å². The van der Waals surface area contributed by atoms with Crippen molar-refractivity contribution >= 4 is 34.5 Å². The number of nitrogens with zero attached hydrogens (tertiary/aromatic N) is 1. The number of thiazole rings is 1. The van der Waals surface area contributed by atoms with Gasteiger partial charge in [0.15, 0.2) is 5.15 Å². The zero-order valence-electron chi connectivity index (χ0n) is 3.19. The van der Waals surface area contributed by atoms with Crippen LogP contribution in [0.4, 0.5) is 0 Å². The number of hydrogen-bond donors (Lipinski definition) is 0. The molecule has 1 heterocycles. The van der Waals surface area contributed by atoms with Crippen LogP contribution in [0.3, 0.4) is 0 Å². The van der Waals surface area contributed by atoms with Crippen molar-refractivity contribution in [2.75, 3.05) is 0 Å². The second-order valence-electron chi connectivity index (χ2n) is 0.917. The van der Waals surface area contributed by atoms with Gasteiger partial charge in [-0.3, -0.25) is 0 Å². The van der Waals surface area contributed by atoms with Gasteiger partial charge in [0.2, 0.25) is 0 Å². The van der Waals surface area contributed by atoms with Crippen molar-refractivity contribution in [1.82, 2.24) is 4.98 Å². The van der Waals surface area contributed by atoms with E-state index >= 15 is 0 Å². The number of rotatable bonds is 0. The third-order valence-corrected chi connectivity index (χ3v) is 2.04. The van der Waals surface area contributed by atoms with E-state index in [9.17, 15) is 0 Å².